The third kappa shape index (κ3) is 3.20. The number of hydrogen-bond donors (Lipinski definition) is 1. The SMILES string of the molecule is CCNCc1ccc(N(C)C(C)C)c(F)c1. The molecule has 0 aliphatic carbocycles. The molecule has 0 aromatic heterocycles. The fourth-order valence-electron chi connectivity index (χ4n) is 1.49. The minimum absolute atomic E-state index is 0.147. The Morgan fingerprint density at radius 1 is 1.38 bits per heavy atom. The van der Waals surface area contributed by atoms with Crippen molar-refractivity contribution in [3.05, 3.63) is 29.6 Å². The lowest BCUT2D eigenvalue weighted by Crippen LogP contribution is -2.26. The van der Waals surface area contributed by atoms with Gasteiger partial charge in [-0.1, -0.05) is 13.0 Å². The normalized spacial score (nSPS) is 10.9. The van der Waals surface area contributed by atoms with Crippen LogP contribution in [0, 0.1) is 5.82 Å². The molecular formula is C13H21FN2. The summed E-state index contributed by atoms with van der Waals surface area (Å²) in [6.07, 6.45) is 0. The predicted molar refractivity (Wildman–Crippen MR) is 67.3 cm³/mol. The third-order valence-corrected chi connectivity index (χ3v) is 2.75. The van der Waals surface area contributed by atoms with Gasteiger partial charge in [0.25, 0.3) is 0 Å². The third-order valence-electron chi connectivity index (χ3n) is 2.75. The molecule has 0 heterocycles. The van der Waals surface area contributed by atoms with Crippen LogP contribution in [0.4, 0.5) is 10.1 Å². The van der Waals surface area contributed by atoms with Gasteiger partial charge in [-0.3, -0.25) is 0 Å². The number of benzene rings is 1. The maximum Gasteiger partial charge on any atom is 0.146 e. The second-order valence-corrected chi connectivity index (χ2v) is 4.27. The Hall–Kier alpha value is -1.09. The summed E-state index contributed by atoms with van der Waals surface area (Å²) in [5.74, 6) is -0.147. The van der Waals surface area contributed by atoms with Crippen molar-refractivity contribution in [2.75, 3.05) is 18.5 Å². The Morgan fingerprint density at radius 3 is 2.56 bits per heavy atom. The Bertz CT molecular complexity index is 337. The molecule has 0 spiro atoms. The molecule has 16 heavy (non-hydrogen) atoms. The summed E-state index contributed by atoms with van der Waals surface area (Å²) in [6, 6.07) is 5.73. The van der Waals surface area contributed by atoms with E-state index in [-0.39, 0.29) is 5.82 Å². The Morgan fingerprint density at radius 2 is 2.06 bits per heavy atom. The van der Waals surface area contributed by atoms with E-state index >= 15 is 0 Å². The first-order valence-electron chi connectivity index (χ1n) is 5.78. The molecule has 0 bridgehead atoms. The first-order chi connectivity index (χ1) is 7.56. The number of anilines is 1. The van der Waals surface area contributed by atoms with Crippen molar-refractivity contribution < 1.29 is 4.39 Å². The lowest BCUT2D eigenvalue weighted by Gasteiger charge is -2.24. The van der Waals surface area contributed by atoms with Crippen LogP contribution in [0.3, 0.4) is 0 Å². The van der Waals surface area contributed by atoms with Crippen LogP contribution < -0.4 is 10.2 Å². The van der Waals surface area contributed by atoms with Gasteiger partial charge in [0.1, 0.15) is 5.82 Å². The fraction of sp³-hybridized carbons (Fsp3) is 0.538. The van der Waals surface area contributed by atoms with Crippen molar-refractivity contribution in [1.29, 1.82) is 0 Å². The van der Waals surface area contributed by atoms with Crippen molar-refractivity contribution >= 4 is 5.69 Å². The zero-order chi connectivity index (χ0) is 12.1. The van der Waals surface area contributed by atoms with Crippen LogP contribution >= 0.6 is 0 Å². The molecule has 1 rings (SSSR count). The van der Waals surface area contributed by atoms with E-state index in [0.717, 1.165) is 18.7 Å². The summed E-state index contributed by atoms with van der Waals surface area (Å²) in [6.45, 7) is 7.75. The van der Waals surface area contributed by atoms with Crippen LogP contribution in [0.25, 0.3) is 0 Å². The quantitative estimate of drug-likeness (QED) is 0.827. The van der Waals surface area contributed by atoms with Crippen molar-refractivity contribution in [2.24, 2.45) is 0 Å². The van der Waals surface area contributed by atoms with Crippen LogP contribution in [0.5, 0.6) is 0 Å². The fourth-order valence-corrected chi connectivity index (χ4v) is 1.49. The topological polar surface area (TPSA) is 15.3 Å². The zero-order valence-electron chi connectivity index (χ0n) is 10.5. The van der Waals surface area contributed by atoms with E-state index in [1.54, 1.807) is 6.07 Å². The van der Waals surface area contributed by atoms with Crippen molar-refractivity contribution in [3.63, 3.8) is 0 Å². The molecule has 0 aliphatic rings. The van der Waals surface area contributed by atoms with Gasteiger partial charge in [0.15, 0.2) is 0 Å². The Balaban J connectivity index is 2.82. The summed E-state index contributed by atoms with van der Waals surface area (Å²) in [4.78, 5) is 1.94. The molecule has 1 aromatic carbocycles. The molecule has 0 saturated heterocycles. The van der Waals surface area contributed by atoms with E-state index in [2.05, 4.69) is 5.32 Å². The first kappa shape index (κ1) is 13.0. The average molecular weight is 224 g/mol. The number of halogens is 1. The van der Waals surface area contributed by atoms with Crippen molar-refractivity contribution in [1.82, 2.24) is 5.32 Å². The predicted octanol–water partition coefficient (Wildman–Crippen LogP) is 2.78. The van der Waals surface area contributed by atoms with Gasteiger partial charge in [0.05, 0.1) is 5.69 Å². The second kappa shape index (κ2) is 5.85. The minimum atomic E-state index is -0.147. The average Bonchev–Trinajstić information content (AvgIpc) is 2.25. The van der Waals surface area contributed by atoms with E-state index in [9.17, 15) is 4.39 Å². The summed E-state index contributed by atoms with van der Waals surface area (Å²) in [5, 5.41) is 3.18. The molecular weight excluding hydrogens is 203 g/mol. The highest BCUT2D eigenvalue weighted by atomic mass is 19.1. The van der Waals surface area contributed by atoms with Gasteiger partial charge < -0.3 is 10.2 Å². The standard InChI is InChI=1S/C13H21FN2/c1-5-15-9-11-6-7-13(12(14)8-11)16(4)10(2)3/h6-8,10,15H,5,9H2,1-4H3. The van der Waals surface area contributed by atoms with Gasteiger partial charge in [-0.05, 0) is 38.1 Å². The smallest absolute Gasteiger partial charge is 0.146 e. The zero-order valence-corrected chi connectivity index (χ0v) is 10.5. The maximum absolute atomic E-state index is 13.8. The highest BCUT2D eigenvalue weighted by molar-refractivity contribution is 5.49. The monoisotopic (exact) mass is 224 g/mol. The number of hydrogen-bond acceptors (Lipinski definition) is 2. The number of nitrogens with zero attached hydrogens (tertiary/aromatic N) is 1. The molecule has 90 valence electrons. The molecule has 1 N–H and O–H groups in total. The second-order valence-electron chi connectivity index (χ2n) is 4.27. The Labute approximate surface area is 97.5 Å². The molecule has 0 radical (unpaired) electrons. The maximum atomic E-state index is 13.8. The highest BCUT2D eigenvalue weighted by Crippen LogP contribution is 2.21. The molecule has 1 aromatic rings. The van der Waals surface area contributed by atoms with Crippen LogP contribution in [0.1, 0.15) is 26.3 Å². The van der Waals surface area contributed by atoms with Crippen LogP contribution in [-0.4, -0.2) is 19.6 Å². The van der Waals surface area contributed by atoms with E-state index in [1.807, 2.05) is 44.9 Å². The van der Waals surface area contributed by atoms with E-state index in [4.69, 9.17) is 0 Å². The molecule has 0 amide bonds. The van der Waals surface area contributed by atoms with Crippen LogP contribution in [0.15, 0.2) is 18.2 Å². The molecule has 2 nitrogen and oxygen atoms in total. The molecule has 0 atom stereocenters. The number of rotatable bonds is 5. The lowest BCUT2D eigenvalue weighted by atomic mass is 10.1. The van der Waals surface area contributed by atoms with Gasteiger partial charge >= 0.3 is 0 Å². The van der Waals surface area contributed by atoms with Crippen LogP contribution in [-0.2, 0) is 6.54 Å². The van der Waals surface area contributed by atoms with Crippen molar-refractivity contribution in [2.45, 2.75) is 33.4 Å². The minimum Gasteiger partial charge on any atom is -0.370 e. The largest absolute Gasteiger partial charge is 0.370 e. The summed E-state index contributed by atoms with van der Waals surface area (Å²) >= 11 is 0. The first-order valence-corrected chi connectivity index (χ1v) is 5.78. The van der Waals surface area contributed by atoms with E-state index in [0.29, 0.717) is 11.7 Å². The molecule has 0 saturated carbocycles. The lowest BCUT2D eigenvalue weighted by molar-refractivity contribution is 0.609. The van der Waals surface area contributed by atoms with Gasteiger partial charge in [0, 0.05) is 19.6 Å². The van der Waals surface area contributed by atoms with Gasteiger partial charge in [-0.2, -0.15) is 0 Å². The summed E-state index contributed by atoms with van der Waals surface area (Å²) < 4.78 is 13.8. The molecule has 0 unspecified atom stereocenters. The van der Waals surface area contributed by atoms with Gasteiger partial charge in [-0.25, -0.2) is 4.39 Å². The van der Waals surface area contributed by atoms with Crippen LogP contribution in [0.2, 0.25) is 0 Å². The molecule has 0 aliphatic heterocycles. The Kier molecular flexibility index (Phi) is 4.74. The molecule has 3 heteroatoms. The number of nitrogens with one attached hydrogen (secondary N) is 1. The molecule has 0 fully saturated rings. The van der Waals surface area contributed by atoms with Crippen molar-refractivity contribution in [3.8, 4) is 0 Å². The van der Waals surface area contributed by atoms with E-state index < -0.39 is 0 Å². The highest BCUT2D eigenvalue weighted by Gasteiger charge is 2.10. The van der Waals surface area contributed by atoms with Gasteiger partial charge in [0.2, 0.25) is 0 Å². The summed E-state index contributed by atoms with van der Waals surface area (Å²) in [7, 11) is 1.91. The van der Waals surface area contributed by atoms with Gasteiger partial charge in [-0.15, -0.1) is 0 Å². The van der Waals surface area contributed by atoms with E-state index in [1.165, 1.54) is 0 Å². The summed E-state index contributed by atoms with van der Waals surface area (Å²) in [5.41, 5.74) is 1.65.